The van der Waals surface area contributed by atoms with Crippen LogP contribution in [0.5, 0.6) is 0 Å². The molecule has 1 aliphatic carbocycles. The van der Waals surface area contributed by atoms with Crippen LogP contribution >= 0.6 is 0 Å². The molecular weight excluding hydrogens is 312 g/mol. The van der Waals surface area contributed by atoms with E-state index in [1.807, 2.05) is 6.92 Å². The fourth-order valence-electron chi connectivity index (χ4n) is 3.71. The fraction of sp³-hybridized carbons (Fsp3) is 0.381. The van der Waals surface area contributed by atoms with Gasteiger partial charge in [-0.05, 0) is 57.2 Å². The van der Waals surface area contributed by atoms with Crippen molar-refractivity contribution in [2.45, 2.75) is 47.1 Å². The third kappa shape index (κ3) is 3.21. The van der Waals surface area contributed by atoms with E-state index in [0.717, 1.165) is 6.42 Å². The molecule has 3 rings (SSSR count). The normalized spacial score (nSPS) is 18.8. The van der Waals surface area contributed by atoms with Gasteiger partial charge in [0.1, 0.15) is 0 Å². The minimum absolute atomic E-state index is 0.0103. The molecule has 0 spiro atoms. The van der Waals surface area contributed by atoms with Crippen molar-refractivity contribution in [3.05, 3.63) is 63.5 Å². The van der Waals surface area contributed by atoms with Gasteiger partial charge in [0.25, 0.3) is 5.91 Å². The number of aromatic nitrogens is 1. The van der Waals surface area contributed by atoms with Crippen molar-refractivity contribution in [2.75, 3.05) is 0 Å². The number of pyridine rings is 1. The first-order valence-electron chi connectivity index (χ1n) is 8.67. The monoisotopic (exact) mass is 336 g/mol. The van der Waals surface area contributed by atoms with Crippen molar-refractivity contribution in [1.29, 1.82) is 0 Å². The maximum atomic E-state index is 12.9. The Kier molecular flexibility index (Phi) is 4.46. The summed E-state index contributed by atoms with van der Waals surface area (Å²) in [4.78, 5) is 29.1. The Hall–Kier alpha value is -2.49. The van der Waals surface area contributed by atoms with Crippen LogP contribution in [0.15, 0.2) is 24.3 Å². The standard InChI is InChI=1S/C21H24N2O2/c1-11-6-7-16-9-12(2)20(19(16)8-11)23-21(25)18-10-17(15(5)24)13(3)22-14(18)4/h6-8,10,12,20H,9H2,1-5H3,(H,23,25)/t12-,20+/m1/s1. The van der Waals surface area contributed by atoms with Gasteiger partial charge in [0.05, 0.1) is 17.3 Å². The van der Waals surface area contributed by atoms with E-state index in [1.165, 1.54) is 23.6 Å². The molecule has 0 radical (unpaired) electrons. The van der Waals surface area contributed by atoms with Gasteiger partial charge in [0, 0.05) is 11.3 Å². The SMILES string of the molecule is CC(=O)c1cc(C(=O)N[C@@H]2c3cc(C)ccc3C[C@H]2C)c(C)nc1C. The molecule has 0 aliphatic heterocycles. The first-order chi connectivity index (χ1) is 11.8. The lowest BCUT2D eigenvalue weighted by molar-refractivity contribution is 0.0926. The molecule has 1 amide bonds. The summed E-state index contributed by atoms with van der Waals surface area (Å²) >= 11 is 0. The van der Waals surface area contributed by atoms with Crippen LogP contribution < -0.4 is 5.32 Å². The Balaban J connectivity index is 1.92. The molecule has 4 nitrogen and oxygen atoms in total. The number of nitrogens with zero attached hydrogens (tertiary/aromatic N) is 1. The molecule has 25 heavy (non-hydrogen) atoms. The van der Waals surface area contributed by atoms with Crippen molar-refractivity contribution in [1.82, 2.24) is 10.3 Å². The lowest BCUT2D eigenvalue weighted by Gasteiger charge is -2.20. The van der Waals surface area contributed by atoms with Crippen LogP contribution in [-0.2, 0) is 6.42 Å². The fourth-order valence-corrected chi connectivity index (χ4v) is 3.71. The minimum atomic E-state index is -0.168. The zero-order valence-electron chi connectivity index (χ0n) is 15.4. The molecule has 2 aromatic rings. The predicted octanol–water partition coefficient (Wildman–Crippen LogP) is 3.87. The van der Waals surface area contributed by atoms with Gasteiger partial charge in [-0.2, -0.15) is 0 Å². The number of carbonyl (C=O) groups is 2. The number of aryl methyl sites for hydroxylation is 3. The molecule has 1 N–H and O–H groups in total. The van der Waals surface area contributed by atoms with Crippen molar-refractivity contribution < 1.29 is 9.59 Å². The molecule has 1 aromatic heterocycles. The van der Waals surface area contributed by atoms with E-state index >= 15 is 0 Å². The summed E-state index contributed by atoms with van der Waals surface area (Å²) < 4.78 is 0. The van der Waals surface area contributed by atoms with Gasteiger partial charge in [0.2, 0.25) is 0 Å². The van der Waals surface area contributed by atoms with Crippen molar-refractivity contribution in [3.63, 3.8) is 0 Å². The predicted molar refractivity (Wildman–Crippen MR) is 98.0 cm³/mol. The highest BCUT2D eigenvalue weighted by molar-refractivity contribution is 6.00. The van der Waals surface area contributed by atoms with E-state index in [-0.39, 0.29) is 17.7 Å². The Morgan fingerprint density at radius 3 is 2.44 bits per heavy atom. The van der Waals surface area contributed by atoms with Crippen LogP contribution in [0.1, 0.15) is 68.7 Å². The molecule has 2 atom stereocenters. The number of benzene rings is 1. The summed E-state index contributed by atoms with van der Waals surface area (Å²) in [5.74, 6) is 0.0969. The van der Waals surface area contributed by atoms with Gasteiger partial charge in [-0.25, -0.2) is 0 Å². The minimum Gasteiger partial charge on any atom is -0.345 e. The van der Waals surface area contributed by atoms with Crippen LogP contribution in [-0.4, -0.2) is 16.7 Å². The van der Waals surface area contributed by atoms with E-state index in [4.69, 9.17) is 0 Å². The van der Waals surface area contributed by atoms with Crippen molar-refractivity contribution in [3.8, 4) is 0 Å². The lowest BCUT2D eigenvalue weighted by Crippen LogP contribution is -2.31. The number of nitrogens with one attached hydrogen (secondary N) is 1. The van der Waals surface area contributed by atoms with E-state index in [9.17, 15) is 9.59 Å². The van der Waals surface area contributed by atoms with E-state index < -0.39 is 0 Å². The van der Waals surface area contributed by atoms with E-state index in [1.54, 1.807) is 13.0 Å². The second-order valence-electron chi connectivity index (χ2n) is 7.15. The lowest BCUT2D eigenvalue weighted by atomic mass is 10.00. The number of carbonyl (C=O) groups excluding carboxylic acids is 2. The summed E-state index contributed by atoms with van der Waals surface area (Å²) in [6.45, 7) is 9.32. The van der Waals surface area contributed by atoms with Gasteiger partial charge >= 0.3 is 0 Å². The Labute approximate surface area is 148 Å². The van der Waals surface area contributed by atoms with Crippen LogP contribution in [0.25, 0.3) is 0 Å². The number of ketones is 1. The topological polar surface area (TPSA) is 59.1 Å². The van der Waals surface area contributed by atoms with Gasteiger partial charge in [-0.3, -0.25) is 14.6 Å². The molecule has 0 fully saturated rings. The molecule has 0 unspecified atom stereocenters. The third-order valence-corrected chi connectivity index (χ3v) is 5.06. The summed E-state index contributed by atoms with van der Waals surface area (Å²) in [6.07, 6.45) is 0.963. The molecule has 4 heteroatoms. The summed E-state index contributed by atoms with van der Waals surface area (Å²) in [7, 11) is 0. The molecule has 1 heterocycles. The molecule has 130 valence electrons. The highest BCUT2D eigenvalue weighted by atomic mass is 16.1. The maximum absolute atomic E-state index is 12.9. The number of amides is 1. The zero-order valence-corrected chi connectivity index (χ0v) is 15.4. The average molecular weight is 336 g/mol. The molecule has 0 saturated heterocycles. The second kappa shape index (κ2) is 6.43. The highest BCUT2D eigenvalue weighted by Gasteiger charge is 2.31. The van der Waals surface area contributed by atoms with Gasteiger partial charge in [-0.1, -0.05) is 30.7 Å². The smallest absolute Gasteiger partial charge is 0.253 e. The molecule has 0 saturated carbocycles. The van der Waals surface area contributed by atoms with Crippen molar-refractivity contribution >= 4 is 11.7 Å². The Morgan fingerprint density at radius 2 is 1.76 bits per heavy atom. The van der Waals surface area contributed by atoms with E-state index in [0.29, 0.717) is 28.4 Å². The number of hydrogen-bond donors (Lipinski definition) is 1. The highest BCUT2D eigenvalue weighted by Crippen LogP contribution is 2.36. The van der Waals surface area contributed by atoms with Crippen LogP contribution in [0, 0.1) is 26.7 Å². The molecule has 1 aromatic carbocycles. The third-order valence-electron chi connectivity index (χ3n) is 5.06. The molecule has 1 aliphatic rings. The molecule has 0 bridgehead atoms. The average Bonchev–Trinajstić information content (AvgIpc) is 2.82. The number of fused-ring (bicyclic) bond motifs is 1. The zero-order chi connectivity index (χ0) is 18.3. The van der Waals surface area contributed by atoms with Crippen LogP contribution in [0.4, 0.5) is 0 Å². The Morgan fingerprint density at radius 1 is 1.08 bits per heavy atom. The van der Waals surface area contributed by atoms with Crippen LogP contribution in [0.2, 0.25) is 0 Å². The van der Waals surface area contributed by atoms with Crippen LogP contribution in [0.3, 0.4) is 0 Å². The summed E-state index contributed by atoms with van der Waals surface area (Å²) in [6, 6.07) is 8.09. The number of hydrogen-bond acceptors (Lipinski definition) is 3. The summed E-state index contributed by atoms with van der Waals surface area (Å²) in [5.41, 5.74) is 5.98. The molecular formula is C21H24N2O2. The van der Waals surface area contributed by atoms with Gasteiger partial charge < -0.3 is 5.32 Å². The Bertz CT molecular complexity index is 870. The number of Topliss-reactive ketones (excluding diaryl/α,β-unsaturated/α-hetero) is 1. The van der Waals surface area contributed by atoms with Gasteiger partial charge in [-0.15, -0.1) is 0 Å². The maximum Gasteiger partial charge on any atom is 0.253 e. The van der Waals surface area contributed by atoms with Gasteiger partial charge in [0.15, 0.2) is 5.78 Å². The van der Waals surface area contributed by atoms with E-state index in [2.05, 4.69) is 42.3 Å². The first kappa shape index (κ1) is 17.3. The largest absolute Gasteiger partial charge is 0.345 e. The summed E-state index contributed by atoms with van der Waals surface area (Å²) in [5, 5.41) is 3.16. The second-order valence-corrected chi connectivity index (χ2v) is 7.15. The van der Waals surface area contributed by atoms with Crippen molar-refractivity contribution in [2.24, 2.45) is 5.92 Å². The first-order valence-corrected chi connectivity index (χ1v) is 8.67. The number of rotatable bonds is 3. The quantitative estimate of drug-likeness (QED) is 0.866.